The van der Waals surface area contributed by atoms with E-state index in [1.807, 2.05) is 6.92 Å². The minimum absolute atomic E-state index is 0.0166. The van der Waals surface area contributed by atoms with Crippen molar-refractivity contribution in [3.63, 3.8) is 0 Å². The lowest BCUT2D eigenvalue weighted by Crippen LogP contribution is -2.59. The number of hydrogen-bond donors (Lipinski definition) is 1. The van der Waals surface area contributed by atoms with E-state index in [1.165, 1.54) is 25.7 Å². The molecule has 3 heteroatoms. The number of hydrogen-bond acceptors (Lipinski definition) is 3. The molecule has 1 heterocycles. The second kappa shape index (κ2) is 5.21. The first-order valence-electron chi connectivity index (χ1n) is 9.74. The van der Waals surface area contributed by atoms with Crippen LogP contribution in [-0.2, 0) is 9.53 Å². The summed E-state index contributed by atoms with van der Waals surface area (Å²) in [7, 11) is 0. The van der Waals surface area contributed by atoms with Crippen LogP contribution in [0.15, 0.2) is 0 Å². The molecule has 1 aliphatic heterocycles. The predicted octanol–water partition coefficient (Wildman–Crippen LogP) is 3.93. The lowest BCUT2D eigenvalue weighted by molar-refractivity contribution is -0.211. The van der Waals surface area contributed by atoms with E-state index in [0.29, 0.717) is 23.2 Å². The van der Waals surface area contributed by atoms with Crippen LogP contribution < -0.4 is 0 Å². The number of carbonyl (C=O) groups excluding carboxylic acids is 1. The van der Waals surface area contributed by atoms with Gasteiger partial charge in [-0.1, -0.05) is 13.8 Å². The van der Waals surface area contributed by atoms with Crippen molar-refractivity contribution in [2.45, 2.75) is 83.8 Å². The van der Waals surface area contributed by atoms with E-state index in [2.05, 4.69) is 13.8 Å². The van der Waals surface area contributed by atoms with Crippen molar-refractivity contribution in [2.24, 2.45) is 35.0 Å². The Kier molecular flexibility index (Phi) is 3.61. The van der Waals surface area contributed by atoms with Gasteiger partial charge in [-0.2, -0.15) is 0 Å². The van der Waals surface area contributed by atoms with Gasteiger partial charge < -0.3 is 9.84 Å². The summed E-state index contributed by atoms with van der Waals surface area (Å²) in [5.41, 5.74) is 0.177. The Bertz CT molecular complexity index is 503. The quantitative estimate of drug-likeness (QED) is 0.688. The predicted molar refractivity (Wildman–Crippen MR) is 88.7 cm³/mol. The highest BCUT2D eigenvalue weighted by atomic mass is 16.6. The second-order valence-corrected chi connectivity index (χ2v) is 9.49. The van der Waals surface area contributed by atoms with Gasteiger partial charge in [0.1, 0.15) is 5.60 Å². The molecule has 0 aromatic carbocycles. The third-order valence-corrected chi connectivity index (χ3v) is 8.31. The molecule has 4 fully saturated rings. The van der Waals surface area contributed by atoms with Crippen LogP contribution in [0, 0.1) is 35.0 Å². The van der Waals surface area contributed by atoms with Crippen molar-refractivity contribution in [3.05, 3.63) is 0 Å². The molecule has 0 aromatic heterocycles. The van der Waals surface area contributed by atoms with E-state index >= 15 is 0 Å². The number of esters is 1. The number of aliphatic hydroxyl groups is 1. The fraction of sp³-hybridized carbons (Fsp3) is 0.950. The van der Waals surface area contributed by atoms with E-state index in [4.69, 9.17) is 4.74 Å². The van der Waals surface area contributed by atoms with Gasteiger partial charge in [-0.3, -0.25) is 4.79 Å². The van der Waals surface area contributed by atoms with Gasteiger partial charge in [0.05, 0.1) is 12.0 Å². The molecule has 3 nitrogen and oxygen atoms in total. The summed E-state index contributed by atoms with van der Waals surface area (Å²) in [6.07, 6.45) is 8.85. The van der Waals surface area contributed by atoms with Crippen molar-refractivity contribution in [2.75, 3.05) is 0 Å². The fourth-order valence-corrected chi connectivity index (χ4v) is 6.88. The van der Waals surface area contributed by atoms with Crippen molar-refractivity contribution in [1.82, 2.24) is 0 Å². The molecule has 0 radical (unpaired) electrons. The topological polar surface area (TPSA) is 46.5 Å². The van der Waals surface area contributed by atoms with Gasteiger partial charge in [0.25, 0.3) is 0 Å². The molecule has 1 saturated heterocycles. The van der Waals surface area contributed by atoms with Crippen LogP contribution in [-0.4, -0.2) is 22.8 Å². The molecule has 130 valence electrons. The highest BCUT2D eigenvalue weighted by molar-refractivity contribution is 5.73. The Labute approximate surface area is 140 Å². The zero-order valence-corrected chi connectivity index (χ0v) is 14.9. The van der Waals surface area contributed by atoms with Gasteiger partial charge in [0, 0.05) is 5.92 Å². The number of ether oxygens (including phenoxy) is 1. The standard InChI is InChI=1S/C20H32O3/c1-12-10-17-15-5-4-13-11-14(21)6-8-19(13,2)16(15)7-9-20(17,3)23-18(12)22/h12-17,21H,4-11H2,1-3H3/t12-,13-,14-,15-,16-,17+,19+,20+/m1/s1. The molecule has 0 spiro atoms. The van der Waals surface area contributed by atoms with Gasteiger partial charge in [-0.15, -0.1) is 0 Å². The summed E-state index contributed by atoms with van der Waals surface area (Å²) in [6.45, 7) is 6.73. The molecule has 3 aliphatic carbocycles. The van der Waals surface area contributed by atoms with Crippen molar-refractivity contribution < 1.29 is 14.6 Å². The molecule has 23 heavy (non-hydrogen) atoms. The van der Waals surface area contributed by atoms with E-state index in [1.54, 1.807) is 0 Å². The van der Waals surface area contributed by atoms with E-state index < -0.39 is 0 Å². The summed E-state index contributed by atoms with van der Waals surface area (Å²) in [4.78, 5) is 12.1. The number of fused-ring (bicyclic) bond motifs is 5. The van der Waals surface area contributed by atoms with Gasteiger partial charge >= 0.3 is 5.97 Å². The first-order chi connectivity index (χ1) is 10.8. The van der Waals surface area contributed by atoms with Crippen LogP contribution in [0.3, 0.4) is 0 Å². The maximum Gasteiger partial charge on any atom is 0.309 e. The van der Waals surface area contributed by atoms with E-state index in [-0.39, 0.29) is 23.6 Å². The first-order valence-corrected chi connectivity index (χ1v) is 9.74. The molecule has 1 N–H and O–H groups in total. The lowest BCUT2D eigenvalue weighted by atomic mass is 9.45. The monoisotopic (exact) mass is 320 g/mol. The zero-order chi connectivity index (χ0) is 16.4. The average molecular weight is 320 g/mol. The molecular formula is C20H32O3. The molecule has 4 aliphatic rings. The third-order valence-electron chi connectivity index (χ3n) is 8.31. The number of carbonyl (C=O) groups is 1. The smallest absolute Gasteiger partial charge is 0.309 e. The van der Waals surface area contributed by atoms with E-state index in [9.17, 15) is 9.90 Å². The normalized spacial score (nSPS) is 56.1. The minimum Gasteiger partial charge on any atom is -0.459 e. The Morgan fingerprint density at radius 1 is 1.04 bits per heavy atom. The van der Waals surface area contributed by atoms with Crippen molar-refractivity contribution in [1.29, 1.82) is 0 Å². The van der Waals surface area contributed by atoms with Gasteiger partial charge in [-0.25, -0.2) is 0 Å². The van der Waals surface area contributed by atoms with Crippen LogP contribution in [0.25, 0.3) is 0 Å². The van der Waals surface area contributed by atoms with Crippen LogP contribution in [0.5, 0.6) is 0 Å². The largest absolute Gasteiger partial charge is 0.459 e. The number of aliphatic hydroxyl groups excluding tert-OH is 1. The average Bonchev–Trinajstić information content (AvgIpc) is 2.49. The highest BCUT2D eigenvalue weighted by Gasteiger charge is 2.59. The summed E-state index contributed by atoms with van der Waals surface area (Å²) in [5, 5.41) is 10.1. The Morgan fingerprint density at radius 2 is 1.83 bits per heavy atom. The van der Waals surface area contributed by atoms with Crippen LogP contribution in [0.4, 0.5) is 0 Å². The maximum absolute atomic E-state index is 12.1. The molecule has 4 rings (SSSR count). The Balaban J connectivity index is 1.62. The van der Waals surface area contributed by atoms with Crippen molar-refractivity contribution in [3.8, 4) is 0 Å². The summed E-state index contributed by atoms with van der Waals surface area (Å²) >= 11 is 0. The van der Waals surface area contributed by atoms with Gasteiger partial charge in [-0.05, 0) is 81.5 Å². The molecule has 8 atom stereocenters. The minimum atomic E-state index is -0.220. The first kappa shape index (κ1) is 15.9. The summed E-state index contributed by atoms with van der Waals surface area (Å²) in [5.74, 6) is 2.78. The van der Waals surface area contributed by atoms with Crippen LogP contribution in [0.1, 0.15) is 72.1 Å². The Morgan fingerprint density at radius 3 is 2.61 bits per heavy atom. The van der Waals surface area contributed by atoms with Gasteiger partial charge in [0.15, 0.2) is 0 Å². The molecule has 0 aromatic rings. The lowest BCUT2D eigenvalue weighted by Gasteiger charge is -2.62. The molecular weight excluding hydrogens is 288 g/mol. The van der Waals surface area contributed by atoms with Crippen LogP contribution in [0.2, 0.25) is 0 Å². The van der Waals surface area contributed by atoms with Crippen LogP contribution >= 0.6 is 0 Å². The summed E-state index contributed by atoms with van der Waals surface area (Å²) < 4.78 is 5.95. The SMILES string of the molecule is C[C@@H]1C[C@H]2[C@@H]3CC[C@@H]4C[C@H](O)CC[C@]4(C)[C@@H]3CC[C@]2(C)OC1=O. The molecule has 0 unspecified atom stereocenters. The number of rotatable bonds is 0. The highest BCUT2D eigenvalue weighted by Crippen LogP contribution is 2.63. The fourth-order valence-electron chi connectivity index (χ4n) is 6.88. The van der Waals surface area contributed by atoms with Gasteiger partial charge in [0.2, 0.25) is 0 Å². The molecule has 0 amide bonds. The maximum atomic E-state index is 12.1. The molecule has 0 bridgehead atoms. The summed E-state index contributed by atoms with van der Waals surface area (Å²) in [6, 6.07) is 0. The van der Waals surface area contributed by atoms with Crippen molar-refractivity contribution >= 4 is 5.97 Å². The van der Waals surface area contributed by atoms with E-state index in [0.717, 1.165) is 31.6 Å². The zero-order valence-electron chi connectivity index (χ0n) is 14.9. The Hall–Kier alpha value is -0.570. The second-order valence-electron chi connectivity index (χ2n) is 9.49. The third kappa shape index (κ3) is 2.29. The molecule has 3 saturated carbocycles.